The van der Waals surface area contributed by atoms with Crippen LogP contribution < -0.4 is 0 Å². The highest BCUT2D eigenvalue weighted by atomic mass is 16.4. The number of carbonyl (C=O) groups is 1. The minimum atomic E-state index is -1.04. The van der Waals surface area contributed by atoms with Gasteiger partial charge in [0, 0.05) is 5.56 Å². The van der Waals surface area contributed by atoms with Crippen LogP contribution in [-0.4, -0.2) is 16.2 Å². The average molecular weight is 228 g/mol. The van der Waals surface area contributed by atoms with Crippen LogP contribution in [0.4, 0.5) is 0 Å². The molecular weight excluding hydrogens is 216 g/mol. The summed E-state index contributed by atoms with van der Waals surface area (Å²) in [7, 11) is 0. The molecule has 0 saturated heterocycles. The van der Waals surface area contributed by atoms with Gasteiger partial charge in [-0.25, -0.2) is 4.79 Å². The number of aromatic carboxylic acids is 1. The number of carboxylic acid groups (broad SMARTS) is 1. The summed E-state index contributed by atoms with van der Waals surface area (Å²) in [5.74, 6) is -1.06. The van der Waals surface area contributed by atoms with Crippen molar-refractivity contribution in [3.63, 3.8) is 0 Å². The van der Waals surface area contributed by atoms with Crippen molar-refractivity contribution in [2.75, 3.05) is 0 Å². The van der Waals surface area contributed by atoms with Gasteiger partial charge in [0.25, 0.3) is 0 Å². The third kappa shape index (κ3) is 1.99. The molecule has 0 saturated carbocycles. The molecule has 0 unspecified atom stereocenters. The van der Waals surface area contributed by atoms with E-state index in [2.05, 4.69) is 0 Å². The van der Waals surface area contributed by atoms with Crippen LogP contribution in [0.5, 0.6) is 5.75 Å². The number of rotatable bonds is 2. The van der Waals surface area contributed by atoms with Gasteiger partial charge in [0.1, 0.15) is 5.75 Å². The lowest BCUT2D eigenvalue weighted by molar-refractivity contribution is 0.0697. The fourth-order valence-corrected chi connectivity index (χ4v) is 1.85. The normalized spacial score (nSPS) is 10.2. The third-order valence-corrected chi connectivity index (χ3v) is 2.69. The molecule has 0 radical (unpaired) electrons. The van der Waals surface area contributed by atoms with Gasteiger partial charge in [-0.3, -0.25) is 0 Å². The van der Waals surface area contributed by atoms with E-state index in [9.17, 15) is 9.90 Å². The van der Waals surface area contributed by atoms with Crippen molar-refractivity contribution in [1.82, 2.24) is 0 Å². The molecule has 2 aromatic rings. The molecule has 0 atom stereocenters. The Bertz CT molecular complexity index is 573. The molecule has 0 spiro atoms. The SMILES string of the molecule is Cc1ccccc1-c1c(O)cccc1C(=O)O. The molecule has 17 heavy (non-hydrogen) atoms. The van der Waals surface area contributed by atoms with E-state index in [-0.39, 0.29) is 11.3 Å². The highest BCUT2D eigenvalue weighted by Gasteiger charge is 2.16. The summed E-state index contributed by atoms with van der Waals surface area (Å²) in [6, 6.07) is 11.9. The molecule has 3 heteroatoms. The number of aryl methyl sites for hydroxylation is 1. The maximum atomic E-state index is 11.1. The molecule has 2 N–H and O–H groups in total. The molecule has 3 nitrogen and oxygen atoms in total. The van der Waals surface area contributed by atoms with Crippen molar-refractivity contribution in [1.29, 1.82) is 0 Å². The monoisotopic (exact) mass is 228 g/mol. The second-order valence-corrected chi connectivity index (χ2v) is 3.82. The van der Waals surface area contributed by atoms with Crippen molar-refractivity contribution < 1.29 is 15.0 Å². The Balaban J connectivity index is 2.75. The number of aromatic hydroxyl groups is 1. The Morgan fingerprint density at radius 2 is 1.76 bits per heavy atom. The quantitative estimate of drug-likeness (QED) is 0.830. The smallest absolute Gasteiger partial charge is 0.336 e. The molecule has 0 aliphatic carbocycles. The van der Waals surface area contributed by atoms with E-state index in [1.807, 2.05) is 25.1 Å². The largest absolute Gasteiger partial charge is 0.507 e. The van der Waals surface area contributed by atoms with Crippen LogP contribution in [0.25, 0.3) is 11.1 Å². The standard InChI is InChI=1S/C14H12O3/c1-9-5-2-3-6-10(9)13-11(14(16)17)7-4-8-12(13)15/h2-8,15H,1H3,(H,16,17). The van der Waals surface area contributed by atoms with Crippen molar-refractivity contribution in [2.45, 2.75) is 6.92 Å². The van der Waals surface area contributed by atoms with Gasteiger partial charge in [0.2, 0.25) is 0 Å². The summed E-state index contributed by atoms with van der Waals surface area (Å²) < 4.78 is 0. The van der Waals surface area contributed by atoms with E-state index in [1.54, 1.807) is 6.07 Å². The number of benzene rings is 2. The Hall–Kier alpha value is -2.29. The van der Waals surface area contributed by atoms with E-state index < -0.39 is 5.97 Å². The first kappa shape index (κ1) is 11.2. The van der Waals surface area contributed by atoms with Gasteiger partial charge >= 0.3 is 5.97 Å². The Labute approximate surface area is 99.0 Å². The van der Waals surface area contributed by atoms with Crippen LogP contribution >= 0.6 is 0 Å². The Morgan fingerprint density at radius 1 is 1.06 bits per heavy atom. The molecule has 0 fully saturated rings. The zero-order valence-corrected chi connectivity index (χ0v) is 9.34. The number of hydrogen-bond acceptors (Lipinski definition) is 2. The predicted molar refractivity (Wildman–Crippen MR) is 65.2 cm³/mol. The molecule has 2 rings (SSSR count). The van der Waals surface area contributed by atoms with Gasteiger partial charge in [-0.05, 0) is 30.2 Å². The van der Waals surface area contributed by atoms with Crippen molar-refractivity contribution in [3.8, 4) is 16.9 Å². The van der Waals surface area contributed by atoms with Gasteiger partial charge in [0.15, 0.2) is 0 Å². The van der Waals surface area contributed by atoms with Crippen LogP contribution in [0.1, 0.15) is 15.9 Å². The van der Waals surface area contributed by atoms with Gasteiger partial charge in [-0.2, -0.15) is 0 Å². The first-order valence-electron chi connectivity index (χ1n) is 5.22. The van der Waals surface area contributed by atoms with Crippen molar-refractivity contribution >= 4 is 5.97 Å². The highest BCUT2D eigenvalue weighted by molar-refractivity contribution is 5.98. The minimum absolute atomic E-state index is 0.0146. The number of carboxylic acids is 1. The summed E-state index contributed by atoms with van der Waals surface area (Å²) in [4.78, 5) is 11.1. The lowest BCUT2D eigenvalue weighted by atomic mass is 9.95. The molecule has 0 aliphatic rings. The molecule has 0 bridgehead atoms. The lowest BCUT2D eigenvalue weighted by Crippen LogP contribution is -2.00. The first-order valence-corrected chi connectivity index (χ1v) is 5.22. The summed E-state index contributed by atoms with van der Waals surface area (Å²) in [6.07, 6.45) is 0. The summed E-state index contributed by atoms with van der Waals surface area (Å²) >= 11 is 0. The first-order chi connectivity index (χ1) is 8.11. The second-order valence-electron chi connectivity index (χ2n) is 3.82. The average Bonchev–Trinajstić information content (AvgIpc) is 2.30. The zero-order chi connectivity index (χ0) is 12.4. The molecule has 2 aromatic carbocycles. The van der Waals surface area contributed by atoms with Crippen LogP contribution in [0, 0.1) is 6.92 Å². The summed E-state index contributed by atoms with van der Waals surface area (Å²) in [5.41, 5.74) is 2.15. The van der Waals surface area contributed by atoms with Crippen molar-refractivity contribution in [3.05, 3.63) is 53.6 Å². The molecule has 0 heterocycles. The van der Waals surface area contributed by atoms with E-state index >= 15 is 0 Å². The van der Waals surface area contributed by atoms with Crippen LogP contribution in [0.2, 0.25) is 0 Å². The molecule has 0 aliphatic heterocycles. The second kappa shape index (κ2) is 4.29. The third-order valence-electron chi connectivity index (χ3n) is 2.69. The number of hydrogen-bond donors (Lipinski definition) is 2. The maximum absolute atomic E-state index is 11.1. The van der Waals surface area contributed by atoms with Gasteiger partial charge < -0.3 is 10.2 Å². The Morgan fingerprint density at radius 3 is 2.41 bits per heavy atom. The minimum Gasteiger partial charge on any atom is -0.507 e. The van der Waals surface area contributed by atoms with Gasteiger partial charge in [0.05, 0.1) is 5.56 Å². The van der Waals surface area contributed by atoms with Gasteiger partial charge in [-0.15, -0.1) is 0 Å². The molecular formula is C14H12O3. The fraction of sp³-hybridized carbons (Fsp3) is 0.0714. The van der Waals surface area contributed by atoms with E-state index in [1.165, 1.54) is 18.2 Å². The van der Waals surface area contributed by atoms with Crippen molar-refractivity contribution in [2.24, 2.45) is 0 Å². The highest BCUT2D eigenvalue weighted by Crippen LogP contribution is 2.34. The van der Waals surface area contributed by atoms with Gasteiger partial charge in [-0.1, -0.05) is 30.3 Å². The summed E-state index contributed by atoms with van der Waals surface area (Å²) in [5, 5.41) is 19.0. The van der Waals surface area contributed by atoms with Crippen LogP contribution in [0.15, 0.2) is 42.5 Å². The maximum Gasteiger partial charge on any atom is 0.336 e. The van der Waals surface area contributed by atoms with Crippen LogP contribution in [0.3, 0.4) is 0 Å². The number of phenolic OH excluding ortho intramolecular Hbond substituents is 1. The zero-order valence-electron chi connectivity index (χ0n) is 9.34. The lowest BCUT2D eigenvalue weighted by Gasteiger charge is -2.11. The number of phenols is 1. The fourth-order valence-electron chi connectivity index (χ4n) is 1.85. The topological polar surface area (TPSA) is 57.5 Å². The van der Waals surface area contributed by atoms with E-state index in [0.29, 0.717) is 5.56 Å². The van der Waals surface area contributed by atoms with E-state index in [4.69, 9.17) is 5.11 Å². The van der Waals surface area contributed by atoms with Crippen LogP contribution in [-0.2, 0) is 0 Å². The molecule has 0 aromatic heterocycles. The predicted octanol–water partition coefficient (Wildman–Crippen LogP) is 3.07. The summed E-state index contributed by atoms with van der Waals surface area (Å²) in [6.45, 7) is 1.88. The van der Waals surface area contributed by atoms with E-state index in [0.717, 1.165) is 11.1 Å². The molecule has 86 valence electrons. The molecule has 0 amide bonds. The Kier molecular flexibility index (Phi) is 2.83.